The average Bonchev–Trinajstić information content (AvgIpc) is 2.58. The molecule has 2 atom stereocenters. The molecule has 0 aromatic carbocycles. The van der Waals surface area contributed by atoms with Crippen molar-refractivity contribution in [2.75, 3.05) is 6.54 Å². The number of aromatic nitrogens is 2. The molecule has 1 aliphatic carbocycles. The summed E-state index contributed by atoms with van der Waals surface area (Å²) in [5.41, 5.74) is 0.340. The molecule has 2 heterocycles. The molecule has 64 valence electrons. The molecule has 0 bridgehead atoms. The van der Waals surface area contributed by atoms with E-state index in [9.17, 15) is 0 Å². The van der Waals surface area contributed by atoms with Crippen LogP contribution in [0.3, 0.4) is 0 Å². The minimum absolute atomic E-state index is 0.340. The lowest BCUT2D eigenvalue weighted by atomic mass is 10.1. The van der Waals surface area contributed by atoms with E-state index in [0.717, 1.165) is 12.4 Å². The Morgan fingerprint density at radius 1 is 1.67 bits per heavy atom. The molecule has 1 saturated carbocycles. The Balaban J connectivity index is 1.83. The van der Waals surface area contributed by atoms with Crippen LogP contribution in [0.2, 0.25) is 0 Å². The highest BCUT2D eigenvalue weighted by Gasteiger charge is 2.58. The molecule has 12 heavy (non-hydrogen) atoms. The van der Waals surface area contributed by atoms with Crippen LogP contribution in [0.5, 0.6) is 0 Å². The van der Waals surface area contributed by atoms with Crippen LogP contribution >= 0.6 is 0 Å². The summed E-state index contributed by atoms with van der Waals surface area (Å²) < 4.78 is 5.18. The Labute approximate surface area is 70.4 Å². The summed E-state index contributed by atoms with van der Waals surface area (Å²) in [7, 11) is 0. The number of hydrogen-bond acceptors (Lipinski definition) is 4. The van der Waals surface area contributed by atoms with E-state index in [-0.39, 0.29) is 0 Å². The quantitative estimate of drug-likeness (QED) is 0.664. The lowest BCUT2D eigenvalue weighted by molar-refractivity contribution is 0.465. The summed E-state index contributed by atoms with van der Waals surface area (Å²) >= 11 is 0. The molecule has 4 heteroatoms. The maximum Gasteiger partial charge on any atom is 0.221 e. The van der Waals surface area contributed by atoms with E-state index in [1.165, 1.54) is 25.7 Å². The first kappa shape index (κ1) is 6.60. The SMILES string of the molecule is c1nnc(C2CC23CCCN3)o1. The van der Waals surface area contributed by atoms with Crippen LogP contribution in [0.15, 0.2) is 10.8 Å². The molecule has 0 radical (unpaired) electrons. The lowest BCUT2D eigenvalue weighted by Crippen LogP contribution is -2.25. The van der Waals surface area contributed by atoms with Gasteiger partial charge < -0.3 is 9.73 Å². The van der Waals surface area contributed by atoms with Crippen molar-refractivity contribution < 1.29 is 4.42 Å². The van der Waals surface area contributed by atoms with Gasteiger partial charge in [-0.2, -0.15) is 0 Å². The largest absolute Gasteiger partial charge is 0.428 e. The van der Waals surface area contributed by atoms with Gasteiger partial charge in [0.05, 0.1) is 5.92 Å². The Bertz CT molecular complexity index is 277. The van der Waals surface area contributed by atoms with E-state index in [1.54, 1.807) is 0 Å². The maximum absolute atomic E-state index is 5.18. The Hall–Kier alpha value is -0.900. The first-order valence-corrected chi connectivity index (χ1v) is 4.42. The summed E-state index contributed by atoms with van der Waals surface area (Å²) in [4.78, 5) is 0. The van der Waals surface area contributed by atoms with Gasteiger partial charge in [0, 0.05) is 5.54 Å². The van der Waals surface area contributed by atoms with Crippen molar-refractivity contribution in [2.24, 2.45) is 0 Å². The number of hydrogen-bond donors (Lipinski definition) is 1. The normalized spacial score (nSPS) is 39.2. The van der Waals surface area contributed by atoms with Gasteiger partial charge in [0.1, 0.15) is 0 Å². The minimum atomic E-state index is 0.340. The summed E-state index contributed by atoms with van der Waals surface area (Å²) in [6, 6.07) is 0. The van der Waals surface area contributed by atoms with Gasteiger partial charge in [-0.1, -0.05) is 0 Å². The fourth-order valence-corrected chi connectivity index (χ4v) is 2.26. The third-order valence-electron chi connectivity index (χ3n) is 3.03. The molecule has 0 amide bonds. The van der Waals surface area contributed by atoms with Crippen LogP contribution in [0, 0.1) is 0 Å². The fourth-order valence-electron chi connectivity index (χ4n) is 2.26. The van der Waals surface area contributed by atoms with Crippen molar-refractivity contribution >= 4 is 0 Å². The maximum atomic E-state index is 5.18. The predicted octanol–water partition coefficient (Wildman–Crippen LogP) is 0.679. The second-order valence-corrected chi connectivity index (χ2v) is 3.72. The van der Waals surface area contributed by atoms with Crippen LogP contribution in [-0.4, -0.2) is 22.3 Å². The zero-order valence-corrected chi connectivity index (χ0v) is 6.79. The minimum Gasteiger partial charge on any atom is -0.428 e. The molecule has 1 aromatic rings. The van der Waals surface area contributed by atoms with Gasteiger partial charge >= 0.3 is 0 Å². The van der Waals surface area contributed by atoms with Crippen LogP contribution in [0.25, 0.3) is 0 Å². The fraction of sp³-hybridized carbons (Fsp3) is 0.750. The van der Waals surface area contributed by atoms with Crippen LogP contribution < -0.4 is 5.32 Å². The van der Waals surface area contributed by atoms with E-state index in [4.69, 9.17) is 4.42 Å². The molecule has 2 aliphatic rings. The third kappa shape index (κ3) is 0.756. The number of nitrogens with zero attached hydrogens (tertiary/aromatic N) is 2. The number of nitrogens with one attached hydrogen (secondary N) is 1. The van der Waals surface area contributed by atoms with Gasteiger partial charge in [0.25, 0.3) is 0 Å². The van der Waals surface area contributed by atoms with Crippen molar-refractivity contribution in [1.29, 1.82) is 0 Å². The zero-order chi connectivity index (χ0) is 8.02. The van der Waals surface area contributed by atoms with E-state index in [0.29, 0.717) is 11.5 Å². The molecule has 2 fully saturated rings. The molecular weight excluding hydrogens is 154 g/mol. The highest BCUT2D eigenvalue weighted by Crippen LogP contribution is 2.55. The Kier molecular flexibility index (Phi) is 1.14. The summed E-state index contributed by atoms with van der Waals surface area (Å²) in [5, 5.41) is 11.2. The smallest absolute Gasteiger partial charge is 0.221 e. The molecular formula is C8H11N3O. The first-order chi connectivity index (χ1) is 5.91. The van der Waals surface area contributed by atoms with Crippen LogP contribution in [-0.2, 0) is 0 Å². The van der Waals surface area contributed by atoms with Crippen molar-refractivity contribution in [3.05, 3.63) is 12.3 Å². The molecule has 1 N–H and O–H groups in total. The van der Waals surface area contributed by atoms with Gasteiger partial charge in [-0.15, -0.1) is 10.2 Å². The molecule has 1 saturated heterocycles. The summed E-state index contributed by atoms with van der Waals surface area (Å²) in [5.74, 6) is 1.30. The molecule has 1 aliphatic heterocycles. The van der Waals surface area contributed by atoms with E-state index < -0.39 is 0 Å². The topological polar surface area (TPSA) is 51.0 Å². The van der Waals surface area contributed by atoms with E-state index in [2.05, 4.69) is 15.5 Å². The van der Waals surface area contributed by atoms with Crippen LogP contribution in [0.1, 0.15) is 31.1 Å². The molecule has 4 nitrogen and oxygen atoms in total. The highest BCUT2D eigenvalue weighted by molar-refractivity contribution is 5.23. The van der Waals surface area contributed by atoms with Crippen molar-refractivity contribution in [2.45, 2.75) is 30.7 Å². The van der Waals surface area contributed by atoms with E-state index >= 15 is 0 Å². The average molecular weight is 165 g/mol. The van der Waals surface area contributed by atoms with E-state index in [1.807, 2.05) is 0 Å². The van der Waals surface area contributed by atoms with Crippen molar-refractivity contribution in [1.82, 2.24) is 15.5 Å². The molecule has 2 unspecified atom stereocenters. The van der Waals surface area contributed by atoms with Crippen molar-refractivity contribution in [3.8, 4) is 0 Å². The molecule has 3 rings (SSSR count). The lowest BCUT2D eigenvalue weighted by Gasteiger charge is -2.05. The standard InChI is InChI=1S/C8H11N3O/c1-2-8(9-3-1)4-6(8)7-11-10-5-12-7/h5-6,9H,1-4H2. The van der Waals surface area contributed by atoms with Gasteiger partial charge in [-0.25, -0.2) is 0 Å². The highest BCUT2D eigenvalue weighted by atomic mass is 16.4. The Morgan fingerprint density at radius 2 is 2.67 bits per heavy atom. The molecule has 1 spiro atoms. The van der Waals surface area contributed by atoms with Gasteiger partial charge in [-0.05, 0) is 25.8 Å². The first-order valence-electron chi connectivity index (χ1n) is 4.42. The predicted molar refractivity (Wildman–Crippen MR) is 41.6 cm³/mol. The van der Waals surface area contributed by atoms with Gasteiger partial charge in [0.2, 0.25) is 12.3 Å². The zero-order valence-electron chi connectivity index (χ0n) is 6.79. The van der Waals surface area contributed by atoms with Crippen molar-refractivity contribution in [3.63, 3.8) is 0 Å². The third-order valence-corrected chi connectivity index (χ3v) is 3.03. The summed E-state index contributed by atoms with van der Waals surface area (Å²) in [6.45, 7) is 1.14. The van der Waals surface area contributed by atoms with Gasteiger partial charge in [-0.3, -0.25) is 0 Å². The number of rotatable bonds is 1. The molecule has 1 aromatic heterocycles. The Morgan fingerprint density at radius 3 is 3.33 bits per heavy atom. The summed E-state index contributed by atoms with van der Waals surface area (Å²) in [6.07, 6.45) is 5.14. The van der Waals surface area contributed by atoms with Gasteiger partial charge in [0.15, 0.2) is 0 Å². The van der Waals surface area contributed by atoms with Crippen LogP contribution in [0.4, 0.5) is 0 Å². The monoisotopic (exact) mass is 165 g/mol. The second-order valence-electron chi connectivity index (χ2n) is 3.72. The second kappa shape index (κ2) is 2.07.